The van der Waals surface area contributed by atoms with Crippen LogP contribution in [0.4, 0.5) is 30.2 Å². The van der Waals surface area contributed by atoms with E-state index in [9.17, 15) is 52.8 Å². The third-order valence-electron chi connectivity index (χ3n) is 15.0. The lowest BCUT2D eigenvalue weighted by Gasteiger charge is -2.35. The maximum Gasteiger partial charge on any atom is 0.280 e. The second-order valence-corrected chi connectivity index (χ2v) is 31.3. The number of benzene rings is 3. The van der Waals surface area contributed by atoms with E-state index in [1.165, 1.54) is 91.6 Å². The highest BCUT2D eigenvalue weighted by atomic mass is 35.5. The minimum atomic E-state index is -3.89. The quantitative estimate of drug-likeness (QED) is 0.0666. The van der Waals surface area contributed by atoms with Crippen LogP contribution in [0.3, 0.4) is 0 Å². The fraction of sp³-hybridized carbons (Fsp3) is 0.300. The van der Waals surface area contributed by atoms with Crippen molar-refractivity contribution in [3.8, 4) is 31.7 Å². The average Bonchev–Trinajstić information content (AvgIpc) is 1.32. The molecule has 12 rings (SSSR count). The van der Waals surface area contributed by atoms with Gasteiger partial charge in [0.15, 0.2) is 0 Å². The van der Waals surface area contributed by atoms with Gasteiger partial charge in [-0.1, -0.05) is 57.1 Å². The van der Waals surface area contributed by atoms with Crippen molar-refractivity contribution in [3.05, 3.63) is 175 Å². The van der Waals surface area contributed by atoms with E-state index in [4.69, 9.17) is 34.8 Å². The van der Waals surface area contributed by atoms with Crippen LogP contribution in [0.15, 0.2) is 128 Å². The Balaban J connectivity index is 0.000000200. The lowest BCUT2D eigenvalue weighted by atomic mass is 10.1. The van der Waals surface area contributed by atoms with Gasteiger partial charge >= 0.3 is 0 Å². The summed E-state index contributed by atoms with van der Waals surface area (Å²) < 4.78 is 132. The molecule has 0 bridgehead atoms. The van der Waals surface area contributed by atoms with Crippen molar-refractivity contribution >= 4 is 134 Å². The van der Waals surface area contributed by atoms with Crippen LogP contribution in [0.2, 0.25) is 15.1 Å². The topological polar surface area (TPSA) is 289 Å². The predicted molar refractivity (Wildman–Crippen MR) is 373 cm³/mol. The van der Waals surface area contributed by atoms with Gasteiger partial charge in [0.1, 0.15) is 52.7 Å². The Bertz CT molecular complexity index is 4190. The molecule has 6 atom stereocenters. The fourth-order valence-electron chi connectivity index (χ4n) is 9.96. The molecule has 6 aromatic heterocycles. The Labute approximate surface area is 581 Å². The van der Waals surface area contributed by atoms with Gasteiger partial charge in [-0.25, -0.2) is 13.2 Å². The molecule has 9 aromatic rings. The summed E-state index contributed by atoms with van der Waals surface area (Å²) in [7, 11) is -2.18. The summed E-state index contributed by atoms with van der Waals surface area (Å²) in [6.45, 7) is 0. The van der Waals surface area contributed by atoms with Crippen LogP contribution in [0, 0.1) is 17.5 Å². The van der Waals surface area contributed by atoms with Gasteiger partial charge in [0.05, 0.1) is 47.8 Å². The Hall–Kier alpha value is -6.93. The molecule has 36 heteroatoms. The Morgan fingerprint density at radius 2 is 0.677 bits per heavy atom. The van der Waals surface area contributed by atoms with Gasteiger partial charge < -0.3 is 16.0 Å². The second kappa shape index (κ2) is 31.3. The van der Waals surface area contributed by atoms with Crippen LogP contribution in [-0.4, -0.2) is 125 Å². The van der Waals surface area contributed by atoms with Crippen LogP contribution in [0.1, 0.15) is 74.3 Å². The van der Waals surface area contributed by atoms with E-state index in [0.29, 0.717) is 0 Å². The van der Waals surface area contributed by atoms with Gasteiger partial charge in [0, 0.05) is 92.6 Å². The number of halogens is 6. The lowest BCUT2D eigenvalue weighted by molar-refractivity contribution is -0.120. The first-order valence-corrected chi connectivity index (χ1v) is 35.6. The smallest absolute Gasteiger partial charge is 0.280 e. The van der Waals surface area contributed by atoms with E-state index in [2.05, 4.69) is 45.4 Å². The Morgan fingerprint density at radius 1 is 0.427 bits per heavy atom. The number of carbonyl (C=O) groups is 3. The monoisotopic (exact) mass is 1500 g/mol. The molecule has 0 radical (unpaired) electrons. The van der Waals surface area contributed by atoms with Crippen LogP contribution in [-0.2, 0) is 66.2 Å². The Morgan fingerprint density at radius 3 is 0.896 bits per heavy atom. The predicted octanol–water partition coefficient (Wildman–Crippen LogP) is 11.4. The van der Waals surface area contributed by atoms with E-state index < -0.39 is 102 Å². The number of likely N-dealkylation sites (N-methyl/N-ethyl adjacent to an activating group) is 3. The Kier molecular flexibility index (Phi) is 24.9. The van der Waals surface area contributed by atoms with E-state index >= 15 is 0 Å². The van der Waals surface area contributed by atoms with Crippen molar-refractivity contribution in [2.24, 2.45) is 21.1 Å². The summed E-state index contributed by atoms with van der Waals surface area (Å²) >= 11 is 21.6. The van der Waals surface area contributed by atoms with E-state index in [1.54, 1.807) is 14.0 Å². The highest BCUT2D eigenvalue weighted by Crippen LogP contribution is 2.40. The van der Waals surface area contributed by atoms with E-state index in [-0.39, 0.29) is 73.7 Å². The van der Waals surface area contributed by atoms with Gasteiger partial charge in [-0.05, 0) is 128 Å². The summed E-state index contributed by atoms with van der Waals surface area (Å²) in [5.74, 6) is -3.40. The molecule has 3 aliphatic rings. The number of hydrogen-bond acceptors (Lipinski definition) is 15. The largest absolute Gasteiger partial charge is 0.325 e. The maximum absolute atomic E-state index is 13.4. The average molecular weight is 1500 g/mol. The standard InChI is InChI=1S/3C19H19ClFN5O3S2.3CH4/c3*1-25-8-7-14(23-25)17-5-6-18(30-17)15-10-16(26(2)31(28,29)24-15)19(27)22-11-3-4-13(21)12(20)9-11;;;/h3*3-9,15-16,24H,10H2,1-2H3,(H,22,27);3*1H4/t2*15-,16+;;;;/m10..../s1. The highest BCUT2D eigenvalue weighted by Gasteiger charge is 2.44. The molecule has 2 unspecified atom stereocenters. The van der Waals surface area contributed by atoms with Crippen molar-refractivity contribution in [2.45, 2.75) is 77.8 Å². The van der Waals surface area contributed by atoms with Gasteiger partial charge in [0.2, 0.25) is 17.7 Å². The third kappa shape index (κ3) is 17.7. The minimum Gasteiger partial charge on any atom is -0.325 e. The van der Waals surface area contributed by atoms with Crippen LogP contribution in [0.5, 0.6) is 0 Å². The van der Waals surface area contributed by atoms with Gasteiger partial charge in [-0.2, -0.15) is 67.6 Å². The normalized spacial score (nSPS) is 20.5. The molecule has 3 aliphatic heterocycles. The molecular formula is C60H69Cl3F3N15O9S6. The number of carbonyl (C=O) groups excluding carboxylic acids is 3. The first-order valence-electron chi connectivity index (χ1n) is 27.7. The first kappa shape index (κ1) is 76.4. The summed E-state index contributed by atoms with van der Waals surface area (Å²) in [5.41, 5.74) is 3.22. The zero-order valence-electron chi connectivity index (χ0n) is 49.6. The summed E-state index contributed by atoms with van der Waals surface area (Å²) in [6, 6.07) is 23.5. The molecule has 9 heterocycles. The number of thiophene rings is 3. The van der Waals surface area contributed by atoms with Crippen molar-refractivity contribution < 1.29 is 52.8 Å². The van der Waals surface area contributed by atoms with Crippen LogP contribution in [0.25, 0.3) is 31.7 Å². The SMILES string of the molecule is C.C.C.CN1C(C(=O)Nc2ccc(F)c(Cl)c2)CC(c2ccc(-c3ccn(C)n3)s2)NS1(=O)=O.CN1[C@@H](C(=O)Nc2ccc(F)c(Cl)c2)C[C@@H](c2ccc(-c3ccn(C)n3)s2)NS1(=O)=O.CN1[C@H](C(=O)Nc2ccc(F)c(Cl)c2)C[C@H](c2ccc(-c3ccn(C)n3)s2)NS1(=O)=O. The third-order valence-corrected chi connectivity index (χ3v) is 24.3. The fourth-order valence-corrected chi connectivity index (χ4v) is 17.6. The number of nitrogens with zero attached hydrogens (tertiary/aromatic N) is 9. The van der Waals surface area contributed by atoms with Gasteiger partial charge in [0.25, 0.3) is 30.6 Å². The molecule has 0 aliphatic carbocycles. The molecular weight excluding hydrogens is 1430 g/mol. The molecule has 0 saturated carbocycles. The van der Waals surface area contributed by atoms with Crippen LogP contribution < -0.4 is 30.1 Å². The van der Waals surface area contributed by atoms with Gasteiger partial charge in [-0.15, -0.1) is 34.0 Å². The van der Waals surface area contributed by atoms with Crippen LogP contribution >= 0.6 is 68.8 Å². The number of amides is 3. The number of aryl methyl sites for hydroxylation is 3. The summed E-state index contributed by atoms with van der Waals surface area (Å²) in [5, 5.41) is 20.5. The molecule has 0 spiro atoms. The molecule has 3 amide bonds. The molecule has 3 aromatic carbocycles. The molecule has 516 valence electrons. The highest BCUT2D eigenvalue weighted by molar-refractivity contribution is 7.87. The number of nitrogens with one attached hydrogen (secondary N) is 6. The van der Waals surface area contributed by atoms with Crippen molar-refractivity contribution in [1.82, 2.24) is 56.4 Å². The summed E-state index contributed by atoms with van der Waals surface area (Å²) in [4.78, 5) is 43.7. The van der Waals surface area contributed by atoms with Crippen molar-refractivity contribution in [2.75, 3.05) is 37.1 Å². The van der Waals surface area contributed by atoms with Crippen molar-refractivity contribution in [1.29, 1.82) is 0 Å². The molecule has 6 N–H and O–H groups in total. The zero-order chi connectivity index (χ0) is 67.0. The molecule has 96 heavy (non-hydrogen) atoms. The van der Waals surface area contributed by atoms with Crippen molar-refractivity contribution in [3.63, 3.8) is 0 Å². The molecule has 3 saturated heterocycles. The summed E-state index contributed by atoms with van der Waals surface area (Å²) in [6.07, 6.45) is 6.15. The second-order valence-electron chi connectivity index (χ2n) is 21.4. The molecule has 3 fully saturated rings. The van der Waals surface area contributed by atoms with Gasteiger partial charge in [-0.3, -0.25) is 28.4 Å². The number of anilines is 3. The van der Waals surface area contributed by atoms with E-state index in [1.807, 2.05) is 94.3 Å². The number of hydrogen-bond donors (Lipinski definition) is 6. The number of aromatic nitrogens is 6. The first-order chi connectivity index (χ1) is 43.9. The zero-order valence-corrected chi connectivity index (χ0v) is 56.8. The lowest BCUT2D eigenvalue weighted by Crippen LogP contribution is -2.55. The number of rotatable bonds is 12. The molecule has 24 nitrogen and oxygen atoms in total. The van der Waals surface area contributed by atoms with E-state index in [0.717, 1.165) is 77.5 Å². The minimum absolute atomic E-state index is 0. The maximum atomic E-state index is 13.4.